The zero-order valence-corrected chi connectivity index (χ0v) is 20.9. The van der Waals surface area contributed by atoms with Crippen LogP contribution in [0.25, 0.3) is 0 Å². The van der Waals surface area contributed by atoms with Gasteiger partial charge in [0.1, 0.15) is 0 Å². The predicted molar refractivity (Wildman–Crippen MR) is 130 cm³/mol. The first kappa shape index (κ1) is 26.5. The minimum atomic E-state index is -4.14. The number of rotatable bonds is 6. The molecule has 10 heteroatoms. The maximum absolute atomic E-state index is 12.6. The highest BCUT2D eigenvalue weighted by molar-refractivity contribution is 14.0. The van der Waals surface area contributed by atoms with Gasteiger partial charge >= 0.3 is 6.18 Å². The molecule has 2 fully saturated rings. The Morgan fingerprint density at radius 1 is 1.13 bits per heavy atom. The molecule has 1 aromatic rings. The van der Waals surface area contributed by atoms with Gasteiger partial charge in [-0.25, -0.2) is 0 Å². The van der Waals surface area contributed by atoms with Crippen molar-refractivity contribution in [2.24, 2.45) is 10.9 Å². The Morgan fingerprint density at radius 2 is 1.81 bits per heavy atom. The lowest BCUT2D eigenvalue weighted by Crippen LogP contribution is -2.47. The van der Waals surface area contributed by atoms with E-state index >= 15 is 0 Å². The summed E-state index contributed by atoms with van der Waals surface area (Å²) in [4.78, 5) is 8.12. The normalized spacial score (nSPS) is 21.7. The van der Waals surface area contributed by atoms with Crippen molar-refractivity contribution in [2.45, 2.75) is 38.0 Å². The van der Waals surface area contributed by atoms with Crippen LogP contribution in [0.15, 0.2) is 29.3 Å². The van der Waals surface area contributed by atoms with Gasteiger partial charge in [-0.15, -0.1) is 24.0 Å². The molecule has 2 aliphatic rings. The third kappa shape index (κ3) is 8.94. The topological polar surface area (TPSA) is 42.9 Å². The third-order valence-electron chi connectivity index (χ3n) is 5.86. The van der Waals surface area contributed by atoms with Gasteiger partial charge in [-0.3, -0.25) is 14.8 Å². The molecule has 2 saturated heterocycles. The number of benzene rings is 1. The molecule has 2 aliphatic heterocycles. The maximum Gasteiger partial charge on any atom is 0.401 e. The number of aliphatic imine (C=N–C) groups is 1. The molecule has 0 aliphatic carbocycles. The summed E-state index contributed by atoms with van der Waals surface area (Å²) in [6.45, 7) is 3.75. The molecule has 0 saturated carbocycles. The van der Waals surface area contributed by atoms with Gasteiger partial charge in [0.05, 0.1) is 6.54 Å². The molecule has 0 radical (unpaired) electrons. The van der Waals surface area contributed by atoms with E-state index in [-0.39, 0.29) is 30.0 Å². The third-order valence-corrected chi connectivity index (χ3v) is 6.23. The van der Waals surface area contributed by atoms with Crippen LogP contribution in [0, 0.1) is 5.92 Å². The van der Waals surface area contributed by atoms with E-state index in [1.807, 2.05) is 18.2 Å². The van der Waals surface area contributed by atoms with Crippen LogP contribution in [0.3, 0.4) is 0 Å². The van der Waals surface area contributed by atoms with Gasteiger partial charge in [0, 0.05) is 44.3 Å². The second kappa shape index (κ2) is 12.5. The van der Waals surface area contributed by atoms with Crippen molar-refractivity contribution in [3.05, 3.63) is 34.9 Å². The SMILES string of the molecule is CN=C(NCC1CCN(Cc2ccccc2Cl)CC1)NC1CCN(CC(F)(F)F)C1.I. The number of hydrogen-bond acceptors (Lipinski definition) is 3. The summed E-state index contributed by atoms with van der Waals surface area (Å²) in [5, 5.41) is 7.45. The van der Waals surface area contributed by atoms with E-state index in [1.54, 1.807) is 7.05 Å². The Balaban J connectivity index is 0.00000341. The van der Waals surface area contributed by atoms with Crippen LogP contribution in [0.4, 0.5) is 13.2 Å². The number of hydrogen-bond donors (Lipinski definition) is 2. The van der Waals surface area contributed by atoms with Crippen LogP contribution in [0.5, 0.6) is 0 Å². The van der Waals surface area contributed by atoms with Crippen molar-refractivity contribution in [3.63, 3.8) is 0 Å². The summed E-state index contributed by atoms with van der Waals surface area (Å²) in [7, 11) is 1.70. The van der Waals surface area contributed by atoms with Crippen molar-refractivity contribution in [2.75, 3.05) is 46.3 Å². The fourth-order valence-corrected chi connectivity index (χ4v) is 4.39. The lowest BCUT2D eigenvalue weighted by atomic mass is 9.96. The van der Waals surface area contributed by atoms with Crippen LogP contribution in [0.1, 0.15) is 24.8 Å². The Hall–Kier alpha value is -0.780. The Labute approximate surface area is 204 Å². The standard InChI is InChI=1S/C21H31ClF3N5.HI/c1-26-20(28-18-8-11-30(14-18)15-21(23,24)25)27-12-16-6-9-29(10-7-16)13-17-4-2-3-5-19(17)22;/h2-5,16,18H,6-15H2,1H3,(H2,26,27,28);1H. The molecular weight excluding hydrogens is 542 g/mol. The molecule has 2 N–H and O–H groups in total. The number of alkyl halides is 3. The molecule has 1 unspecified atom stereocenters. The van der Waals surface area contributed by atoms with E-state index in [0.717, 1.165) is 49.6 Å². The minimum Gasteiger partial charge on any atom is -0.356 e. The molecule has 1 aromatic carbocycles. The first-order chi connectivity index (χ1) is 14.3. The Kier molecular flexibility index (Phi) is 10.6. The van der Waals surface area contributed by atoms with E-state index in [0.29, 0.717) is 31.4 Å². The number of nitrogens with one attached hydrogen (secondary N) is 2. The van der Waals surface area contributed by atoms with Gasteiger partial charge in [0.2, 0.25) is 0 Å². The van der Waals surface area contributed by atoms with E-state index < -0.39 is 12.7 Å². The fourth-order valence-electron chi connectivity index (χ4n) is 4.19. The van der Waals surface area contributed by atoms with Crippen LogP contribution in [-0.2, 0) is 6.54 Å². The molecule has 1 atom stereocenters. The molecule has 3 rings (SSSR count). The highest BCUT2D eigenvalue weighted by Gasteiger charge is 2.34. The fraction of sp³-hybridized carbons (Fsp3) is 0.667. The van der Waals surface area contributed by atoms with E-state index in [2.05, 4.69) is 26.6 Å². The Bertz CT molecular complexity index is 711. The first-order valence-electron chi connectivity index (χ1n) is 10.5. The zero-order chi connectivity index (χ0) is 21.6. The molecule has 31 heavy (non-hydrogen) atoms. The highest BCUT2D eigenvalue weighted by Crippen LogP contribution is 2.22. The van der Waals surface area contributed by atoms with Crippen molar-refractivity contribution in [1.29, 1.82) is 0 Å². The van der Waals surface area contributed by atoms with Gasteiger partial charge in [-0.2, -0.15) is 13.2 Å². The number of piperidine rings is 1. The second-order valence-electron chi connectivity index (χ2n) is 8.24. The number of likely N-dealkylation sites (tertiary alicyclic amines) is 2. The van der Waals surface area contributed by atoms with Gasteiger partial charge < -0.3 is 10.6 Å². The zero-order valence-electron chi connectivity index (χ0n) is 17.8. The molecule has 0 spiro atoms. The number of guanidine groups is 1. The van der Waals surface area contributed by atoms with Crippen molar-refractivity contribution in [3.8, 4) is 0 Å². The molecule has 0 amide bonds. The van der Waals surface area contributed by atoms with Crippen LogP contribution in [-0.4, -0.2) is 74.3 Å². The van der Waals surface area contributed by atoms with Crippen molar-refractivity contribution >= 4 is 41.5 Å². The molecular formula is C21H32ClF3IN5. The van der Waals surface area contributed by atoms with Crippen molar-refractivity contribution in [1.82, 2.24) is 20.4 Å². The van der Waals surface area contributed by atoms with Gasteiger partial charge in [0.15, 0.2) is 5.96 Å². The van der Waals surface area contributed by atoms with Gasteiger partial charge in [-0.05, 0) is 49.9 Å². The van der Waals surface area contributed by atoms with Crippen molar-refractivity contribution < 1.29 is 13.2 Å². The molecule has 0 bridgehead atoms. The number of nitrogens with zero attached hydrogens (tertiary/aromatic N) is 3. The largest absolute Gasteiger partial charge is 0.401 e. The maximum atomic E-state index is 12.6. The molecule has 176 valence electrons. The van der Waals surface area contributed by atoms with Crippen LogP contribution in [0.2, 0.25) is 5.02 Å². The summed E-state index contributed by atoms with van der Waals surface area (Å²) >= 11 is 6.27. The van der Waals surface area contributed by atoms with E-state index in [1.165, 1.54) is 4.90 Å². The summed E-state index contributed by atoms with van der Waals surface area (Å²) in [5.41, 5.74) is 1.16. The average Bonchev–Trinajstić information content (AvgIpc) is 3.13. The predicted octanol–water partition coefficient (Wildman–Crippen LogP) is 3.97. The quantitative estimate of drug-likeness (QED) is 0.307. The van der Waals surface area contributed by atoms with Crippen LogP contribution >= 0.6 is 35.6 Å². The highest BCUT2D eigenvalue weighted by atomic mass is 127. The summed E-state index contributed by atoms with van der Waals surface area (Å²) in [6, 6.07) is 7.97. The lowest BCUT2D eigenvalue weighted by molar-refractivity contribution is -0.143. The monoisotopic (exact) mass is 573 g/mol. The second-order valence-corrected chi connectivity index (χ2v) is 8.65. The first-order valence-corrected chi connectivity index (χ1v) is 10.9. The van der Waals surface area contributed by atoms with Gasteiger partial charge in [-0.1, -0.05) is 29.8 Å². The summed E-state index contributed by atoms with van der Waals surface area (Å²) in [5.74, 6) is 1.23. The minimum absolute atomic E-state index is 0. The Morgan fingerprint density at radius 3 is 2.45 bits per heavy atom. The lowest BCUT2D eigenvalue weighted by Gasteiger charge is -2.32. The van der Waals surface area contributed by atoms with Gasteiger partial charge in [0.25, 0.3) is 0 Å². The molecule has 5 nitrogen and oxygen atoms in total. The van der Waals surface area contributed by atoms with Crippen LogP contribution < -0.4 is 10.6 Å². The number of halogens is 5. The molecule has 0 aromatic heterocycles. The summed E-state index contributed by atoms with van der Waals surface area (Å²) < 4.78 is 37.7. The summed E-state index contributed by atoms with van der Waals surface area (Å²) in [6.07, 6.45) is -1.26. The smallest absolute Gasteiger partial charge is 0.356 e. The van der Waals surface area contributed by atoms with E-state index in [9.17, 15) is 13.2 Å². The average molecular weight is 574 g/mol. The van der Waals surface area contributed by atoms with E-state index in [4.69, 9.17) is 11.6 Å². The molecule has 2 heterocycles.